The van der Waals surface area contributed by atoms with Crippen molar-refractivity contribution in [3.8, 4) is 11.4 Å². The average molecular weight is 360 g/mol. The van der Waals surface area contributed by atoms with Crippen molar-refractivity contribution < 1.29 is 13.7 Å². The number of hydrogen-bond acceptors (Lipinski definition) is 6. The Morgan fingerprint density at radius 3 is 2.62 bits per heavy atom. The third-order valence-corrected chi connectivity index (χ3v) is 5.29. The number of morpholine rings is 1. The van der Waals surface area contributed by atoms with Gasteiger partial charge in [0.25, 0.3) is 0 Å². The summed E-state index contributed by atoms with van der Waals surface area (Å²) in [4.78, 5) is 6.56. The van der Waals surface area contributed by atoms with Crippen LogP contribution in [0.15, 0.2) is 22.7 Å². The van der Waals surface area contributed by atoms with E-state index in [-0.39, 0.29) is 16.8 Å². The van der Waals surface area contributed by atoms with Crippen molar-refractivity contribution in [2.75, 3.05) is 37.7 Å². The highest BCUT2D eigenvalue weighted by atomic mass is 19.1. The number of rotatable bonds is 3. The molecule has 1 unspecified atom stereocenters. The zero-order valence-corrected chi connectivity index (χ0v) is 15.5. The minimum absolute atomic E-state index is 0.0370. The van der Waals surface area contributed by atoms with E-state index in [1.54, 1.807) is 6.07 Å². The Balaban J connectivity index is 1.57. The molecule has 2 aromatic rings. The van der Waals surface area contributed by atoms with Crippen molar-refractivity contribution >= 4 is 5.69 Å². The molecule has 0 amide bonds. The molecule has 1 atom stereocenters. The first kappa shape index (κ1) is 17.4. The minimum Gasteiger partial charge on any atom is -0.378 e. The molecular formula is C19H25FN4O2. The maximum Gasteiger partial charge on any atom is 0.234 e. The van der Waals surface area contributed by atoms with Gasteiger partial charge in [-0.2, -0.15) is 4.98 Å². The fourth-order valence-corrected chi connectivity index (χ4v) is 3.98. The Kier molecular flexibility index (Phi) is 4.23. The van der Waals surface area contributed by atoms with Crippen molar-refractivity contribution in [1.29, 1.82) is 0 Å². The molecule has 26 heavy (non-hydrogen) atoms. The van der Waals surface area contributed by atoms with Crippen molar-refractivity contribution in [3.05, 3.63) is 29.9 Å². The van der Waals surface area contributed by atoms with E-state index in [0.717, 1.165) is 13.0 Å². The maximum atomic E-state index is 14.6. The van der Waals surface area contributed by atoms with Crippen LogP contribution < -0.4 is 10.2 Å². The largest absolute Gasteiger partial charge is 0.378 e. The Labute approximate surface area is 152 Å². The second-order valence-electron chi connectivity index (χ2n) is 8.16. The number of ether oxygens (including phenoxy) is 1. The predicted octanol–water partition coefficient (Wildman–Crippen LogP) is 2.74. The molecule has 2 saturated heterocycles. The van der Waals surface area contributed by atoms with Crippen LogP contribution in [0.4, 0.5) is 10.1 Å². The van der Waals surface area contributed by atoms with Crippen molar-refractivity contribution in [2.45, 2.75) is 38.1 Å². The molecule has 0 radical (unpaired) electrons. The third kappa shape index (κ3) is 3.21. The zero-order chi connectivity index (χ0) is 18.4. The molecule has 7 heteroatoms. The molecule has 0 bridgehead atoms. The van der Waals surface area contributed by atoms with Crippen LogP contribution in [0.25, 0.3) is 11.4 Å². The summed E-state index contributed by atoms with van der Waals surface area (Å²) in [5.74, 6) is 0.757. The second-order valence-corrected chi connectivity index (χ2v) is 8.16. The molecule has 0 spiro atoms. The zero-order valence-electron chi connectivity index (χ0n) is 15.5. The molecular weight excluding hydrogens is 335 g/mol. The lowest BCUT2D eigenvalue weighted by atomic mass is 9.84. The molecule has 2 aliphatic rings. The van der Waals surface area contributed by atoms with Gasteiger partial charge in [-0.15, -0.1) is 0 Å². The molecule has 1 aromatic carbocycles. The SMILES string of the molecule is CC1(C)CC(C)(c2nc(-c3ccc(N4CCOCC4)c(F)c3)no2)CN1. The van der Waals surface area contributed by atoms with Crippen molar-refractivity contribution in [2.24, 2.45) is 0 Å². The smallest absolute Gasteiger partial charge is 0.234 e. The number of aromatic nitrogens is 2. The lowest BCUT2D eigenvalue weighted by Crippen LogP contribution is -2.36. The van der Waals surface area contributed by atoms with E-state index in [4.69, 9.17) is 9.26 Å². The fourth-order valence-electron chi connectivity index (χ4n) is 3.98. The van der Waals surface area contributed by atoms with Gasteiger partial charge in [0.15, 0.2) is 0 Å². The van der Waals surface area contributed by atoms with Crippen molar-refractivity contribution in [1.82, 2.24) is 15.5 Å². The number of benzene rings is 1. The van der Waals surface area contributed by atoms with Crippen LogP contribution in [-0.2, 0) is 10.2 Å². The standard InChI is InChI=1S/C19H25FN4O2/c1-18(2)11-19(3,12-21-18)17-22-16(23-26-17)13-4-5-15(14(20)10-13)24-6-8-25-9-7-24/h4-5,10,21H,6-9,11-12H2,1-3H3. The normalized spacial score (nSPS) is 25.6. The molecule has 2 aliphatic heterocycles. The monoisotopic (exact) mass is 360 g/mol. The van der Waals surface area contributed by atoms with Crippen molar-refractivity contribution in [3.63, 3.8) is 0 Å². The van der Waals surface area contributed by atoms with Crippen LogP contribution >= 0.6 is 0 Å². The van der Waals surface area contributed by atoms with E-state index < -0.39 is 0 Å². The first-order chi connectivity index (χ1) is 12.4. The number of anilines is 1. The molecule has 1 N–H and O–H groups in total. The van der Waals surface area contributed by atoms with Gasteiger partial charge in [0.05, 0.1) is 24.3 Å². The average Bonchev–Trinajstić information content (AvgIpc) is 3.21. The second kappa shape index (κ2) is 6.32. The summed E-state index contributed by atoms with van der Waals surface area (Å²) in [6, 6.07) is 5.12. The van der Waals surface area contributed by atoms with Crippen LogP contribution in [0.5, 0.6) is 0 Å². The first-order valence-electron chi connectivity index (χ1n) is 9.08. The predicted molar refractivity (Wildman–Crippen MR) is 96.8 cm³/mol. The summed E-state index contributed by atoms with van der Waals surface area (Å²) in [6.07, 6.45) is 0.909. The summed E-state index contributed by atoms with van der Waals surface area (Å²) in [5.41, 5.74) is 1.05. The third-order valence-electron chi connectivity index (χ3n) is 5.29. The molecule has 1 aromatic heterocycles. The molecule has 140 valence electrons. The van der Waals surface area contributed by atoms with Gasteiger partial charge >= 0.3 is 0 Å². The summed E-state index contributed by atoms with van der Waals surface area (Å²) >= 11 is 0. The number of nitrogens with one attached hydrogen (secondary N) is 1. The van der Waals surface area contributed by atoms with Gasteiger partial charge in [-0.3, -0.25) is 0 Å². The van der Waals surface area contributed by atoms with E-state index in [1.165, 1.54) is 6.07 Å². The Morgan fingerprint density at radius 2 is 1.96 bits per heavy atom. The highest BCUT2D eigenvalue weighted by Crippen LogP contribution is 2.37. The summed E-state index contributed by atoms with van der Waals surface area (Å²) < 4.78 is 25.5. The van der Waals surface area contributed by atoms with Crippen LogP contribution in [0.3, 0.4) is 0 Å². The highest BCUT2D eigenvalue weighted by molar-refractivity contribution is 5.61. The summed E-state index contributed by atoms with van der Waals surface area (Å²) in [5, 5.41) is 7.58. The van der Waals surface area contributed by atoms with Gasteiger partial charge < -0.3 is 19.5 Å². The minimum atomic E-state index is -0.273. The topological polar surface area (TPSA) is 63.4 Å². The molecule has 0 aliphatic carbocycles. The molecule has 6 nitrogen and oxygen atoms in total. The quantitative estimate of drug-likeness (QED) is 0.908. The van der Waals surface area contributed by atoms with Gasteiger partial charge in [-0.05, 0) is 45.4 Å². The Bertz CT molecular complexity index is 801. The summed E-state index contributed by atoms with van der Waals surface area (Å²) in [6.45, 7) is 9.87. The van der Waals surface area contributed by atoms with Crippen LogP contribution in [0, 0.1) is 5.82 Å². The van der Waals surface area contributed by atoms with E-state index in [1.807, 2.05) is 11.0 Å². The molecule has 3 heterocycles. The van der Waals surface area contributed by atoms with E-state index in [2.05, 4.69) is 36.2 Å². The van der Waals surface area contributed by atoms with Crippen LogP contribution in [0.2, 0.25) is 0 Å². The summed E-state index contributed by atoms with van der Waals surface area (Å²) in [7, 11) is 0. The van der Waals surface area contributed by atoms with E-state index in [9.17, 15) is 4.39 Å². The number of halogens is 1. The highest BCUT2D eigenvalue weighted by Gasteiger charge is 2.44. The maximum absolute atomic E-state index is 14.6. The van der Waals surface area contributed by atoms with Gasteiger partial charge in [-0.1, -0.05) is 5.16 Å². The Hall–Kier alpha value is -1.99. The molecule has 4 rings (SSSR count). The Morgan fingerprint density at radius 1 is 1.19 bits per heavy atom. The first-order valence-corrected chi connectivity index (χ1v) is 9.08. The molecule has 2 fully saturated rings. The van der Waals surface area contributed by atoms with E-state index in [0.29, 0.717) is 49.3 Å². The molecule has 0 saturated carbocycles. The van der Waals surface area contributed by atoms with Crippen LogP contribution in [-0.4, -0.2) is 48.5 Å². The number of nitrogens with zero attached hydrogens (tertiary/aromatic N) is 3. The lowest BCUT2D eigenvalue weighted by Gasteiger charge is -2.29. The van der Waals surface area contributed by atoms with Gasteiger partial charge in [0.1, 0.15) is 5.82 Å². The van der Waals surface area contributed by atoms with Gasteiger partial charge in [0, 0.05) is 30.7 Å². The number of hydrogen-bond donors (Lipinski definition) is 1. The van der Waals surface area contributed by atoms with Gasteiger partial charge in [0.2, 0.25) is 11.7 Å². The van der Waals surface area contributed by atoms with E-state index >= 15 is 0 Å². The van der Waals surface area contributed by atoms with Crippen LogP contribution in [0.1, 0.15) is 33.1 Å². The fraction of sp³-hybridized carbons (Fsp3) is 0.579. The lowest BCUT2D eigenvalue weighted by molar-refractivity contribution is 0.122. The van der Waals surface area contributed by atoms with Gasteiger partial charge in [-0.25, -0.2) is 4.39 Å².